The fourth-order valence-electron chi connectivity index (χ4n) is 3.41. The van der Waals surface area contributed by atoms with Crippen LogP contribution in [0.25, 0.3) is 0 Å². The van der Waals surface area contributed by atoms with Crippen LogP contribution in [0.2, 0.25) is 0 Å². The summed E-state index contributed by atoms with van der Waals surface area (Å²) in [6.45, 7) is 2.57. The molecule has 1 aliphatic carbocycles. The maximum Gasteiger partial charge on any atom is 0.00506 e. The molecule has 0 N–H and O–H groups in total. The number of rotatable bonds is 0. The fraction of sp³-hybridized carbons (Fsp3) is 0.571. The summed E-state index contributed by atoms with van der Waals surface area (Å²) in [5, 5.41) is 0. The number of aryl methyl sites for hydroxylation is 1. The van der Waals surface area contributed by atoms with E-state index in [4.69, 9.17) is 0 Å². The fourth-order valence-corrected chi connectivity index (χ4v) is 3.41. The first-order valence-electron chi connectivity index (χ1n) is 6.11. The van der Waals surface area contributed by atoms with Gasteiger partial charge >= 0.3 is 0 Å². The summed E-state index contributed by atoms with van der Waals surface area (Å²) in [6.07, 6.45) is 4.10. The van der Waals surface area contributed by atoms with E-state index in [0.717, 1.165) is 11.8 Å². The number of likely N-dealkylation sites (N-methyl/N-ethyl adjacent to an activating group) is 1. The molecule has 1 aromatic carbocycles. The minimum atomic E-state index is 0.814. The van der Waals surface area contributed by atoms with Crippen LogP contribution in [0.4, 0.5) is 0 Å². The second kappa shape index (κ2) is 3.64. The minimum absolute atomic E-state index is 0.814. The zero-order valence-corrected chi connectivity index (χ0v) is 9.45. The van der Waals surface area contributed by atoms with Gasteiger partial charge in [0, 0.05) is 19.0 Å². The van der Waals surface area contributed by atoms with Crippen molar-refractivity contribution < 1.29 is 0 Å². The van der Waals surface area contributed by atoms with Crippen molar-refractivity contribution in [3.05, 3.63) is 35.4 Å². The van der Waals surface area contributed by atoms with E-state index >= 15 is 0 Å². The van der Waals surface area contributed by atoms with E-state index in [2.05, 4.69) is 36.2 Å². The molecule has 0 radical (unpaired) electrons. The van der Waals surface area contributed by atoms with Crippen molar-refractivity contribution in [1.82, 2.24) is 4.90 Å². The quantitative estimate of drug-likeness (QED) is 0.624. The molecule has 1 nitrogen and oxygen atoms in total. The number of fused-ring (bicyclic) bond motifs is 3. The van der Waals surface area contributed by atoms with Gasteiger partial charge < -0.3 is 4.90 Å². The molecule has 0 bridgehead atoms. The van der Waals surface area contributed by atoms with E-state index in [1.54, 1.807) is 11.1 Å². The van der Waals surface area contributed by atoms with Crippen LogP contribution in [0.15, 0.2) is 24.3 Å². The summed E-state index contributed by atoms with van der Waals surface area (Å²) in [5.41, 5.74) is 3.25. The Morgan fingerprint density at radius 3 is 3.00 bits per heavy atom. The van der Waals surface area contributed by atoms with Crippen LogP contribution >= 0.6 is 0 Å². The first-order chi connectivity index (χ1) is 7.34. The molecular weight excluding hydrogens is 182 g/mol. The summed E-state index contributed by atoms with van der Waals surface area (Å²) >= 11 is 0. The molecule has 0 spiro atoms. The maximum absolute atomic E-state index is 2.50. The summed E-state index contributed by atoms with van der Waals surface area (Å²) in [4.78, 5) is 2.50. The van der Waals surface area contributed by atoms with Gasteiger partial charge in [-0.05, 0) is 43.4 Å². The molecule has 0 saturated carbocycles. The third kappa shape index (κ3) is 1.59. The Morgan fingerprint density at radius 2 is 2.07 bits per heavy atom. The molecule has 0 aromatic heterocycles. The predicted molar refractivity (Wildman–Crippen MR) is 63.1 cm³/mol. The number of nitrogens with zero attached hydrogens (tertiary/aromatic N) is 1. The lowest BCUT2D eigenvalue weighted by atomic mass is 9.87. The van der Waals surface area contributed by atoms with Gasteiger partial charge in [0.05, 0.1) is 0 Å². The Balaban J connectivity index is 2.01. The Bertz CT molecular complexity index is 358. The van der Waals surface area contributed by atoms with E-state index in [1.807, 2.05) is 0 Å². The molecule has 1 heteroatoms. The van der Waals surface area contributed by atoms with Crippen LogP contribution < -0.4 is 0 Å². The van der Waals surface area contributed by atoms with Crippen LogP contribution in [0.5, 0.6) is 0 Å². The molecule has 1 heterocycles. The molecule has 1 aromatic rings. The van der Waals surface area contributed by atoms with Crippen molar-refractivity contribution in [2.75, 3.05) is 20.1 Å². The molecule has 3 rings (SSSR count). The predicted octanol–water partition coefficient (Wildman–Crippen LogP) is 2.67. The van der Waals surface area contributed by atoms with E-state index in [0.29, 0.717) is 0 Å². The molecule has 15 heavy (non-hydrogen) atoms. The lowest BCUT2D eigenvalue weighted by molar-refractivity contribution is 0.385. The molecule has 2 aliphatic rings. The van der Waals surface area contributed by atoms with Gasteiger partial charge in [0.15, 0.2) is 0 Å². The molecular formula is C14H19N. The van der Waals surface area contributed by atoms with E-state index in [9.17, 15) is 0 Å². The molecule has 2 unspecified atom stereocenters. The van der Waals surface area contributed by atoms with Crippen molar-refractivity contribution >= 4 is 0 Å². The van der Waals surface area contributed by atoms with Gasteiger partial charge in [0.2, 0.25) is 0 Å². The average molecular weight is 201 g/mol. The maximum atomic E-state index is 2.50. The van der Waals surface area contributed by atoms with E-state index in [1.165, 1.54) is 32.4 Å². The van der Waals surface area contributed by atoms with Crippen LogP contribution in [0.1, 0.15) is 29.9 Å². The van der Waals surface area contributed by atoms with Gasteiger partial charge in [-0.25, -0.2) is 0 Å². The number of hydrogen-bond acceptors (Lipinski definition) is 1. The first kappa shape index (κ1) is 9.41. The Hall–Kier alpha value is -0.820. The monoisotopic (exact) mass is 201 g/mol. The smallest absolute Gasteiger partial charge is 0.00506 e. The second-order valence-corrected chi connectivity index (χ2v) is 5.18. The van der Waals surface area contributed by atoms with Gasteiger partial charge in [-0.2, -0.15) is 0 Å². The van der Waals surface area contributed by atoms with Crippen molar-refractivity contribution in [3.63, 3.8) is 0 Å². The summed E-state index contributed by atoms with van der Waals surface area (Å²) < 4.78 is 0. The standard InChI is InChI=1S/C14H19N/c1-15-9-12-7-4-6-11-5-2-3-8-13(11)14(12)10-15/h2-3,5,8,12,14H,4,6-7,9-10H2,1H3. The van der Waals surface area contributed by atoms with Crippen LogP contribution in [0.3, 0.4) is 0 Å². The molecule has 0 amide bonds. The summed E-state index contributed by atoms with van der Waals surface area (Å²) in [5.74, 6) is 1.73. The lowest BCUT2D eigenvalue weighted by Gasteiger charge is -2.17. The van der Waals surface area contributed by atoms with Crippen molar-refractivity contribution in [1.29, 1.82) is 0 Å². The average Bonchev–Trinajstić information content (AvgIpc) is 2.52. The van der Waals surface area contributed by atoms with Crippen LogP contribution in [-0.2, 0) is 6.42 Å². The SMILES string of the molecule is CN1CC2CCCc3ccccc3C2C1. The Morgan fingerprint density at radius 1 is 1.20 bits per heavy atom. The zero-order valence-electron chi connectivity index (χ0n) is 9.45. The van der Waals surface area contributed by atoms with Crippen molar-refractivity contribution in [3.8, 4) is 0 Å². The highest BCUT2D eigenvalue weighted by molar-refractivity contribution is 5.33. The highest BCUT2D eigenvalue weighted by Crippen LogP contribution is 2.39. The van der Waals surface area contributed by atoms with Gasteiger partial charge in [0.25, 0.3) is 0 Å². The second-order valence-electron chi connectivity index (χ2n) is 5.18. The van der Waals surface area contributed by atoms with Gasteiger partial charge in [-0.1, -0.05) is 24.3 Å². The Labute approximate surface area is 92.1 Å². The van der Waals surface area contributed by atoms with Crippen molar-refractivity contribution in [2.24, 2.45) is 5.92 Å². The molecule has 1 aliphatic heterocycles. The van der Waals surface area contributed by atoms with Crippen LogP contribution in [0, 0.1) is 5.92 Å². The molecule has 2 atom stereocenters. The van der Waals surface area contributed by atoms with Gasteiger partial charge in [-0.15, -0.1) is 0 Å². The normalized spacial score (nSPS) is 30.7. The van der Waals surface area contributed by atoms with E-state index in [-0.39, 0.29) is 0 Å². The number of likely N-dealkylation sites (tertiary alicyclic amines) is 1. The number of hydrogen-bond donors (Lipinski definition) is 0. The third-order valence-corrected chi connectivity index (χ3v) is 4.10. The molecule has 80 valence electrons. The number of benzene rings is 1. The van der Waals surface area contributed by atoms with Crippen molar-refractivity contribution in [2.45, 2.75) is 25.2 Å². The molecule has 1 fully saturated rings. The topological polar surface area (TPSA) is 3.24 Å². The lowest BCUT2D eigenvalue weighted by Crippen LogP contribution is -2.14. The van der Waals surface area contributed by atoms with Gasteiger partial charge in [0.1, 0.15) is 0 Å². The largest absolute Gasteiger partial charge is 0.305 e. The minimum Gasteiger partial charge on any atom is -0.305 e. The highest BCUT2D eigenvalue weighted by atomic mass is 15.1. The summed E-state index contributed by atoms with van der Waals surface area (Å²) in [7, 11) is 2.26. The van der Waals surface area contributed by atoms with Gasteiger partial charge in [-0.3, -0.25) is 0 Å². The van der Waals surface area contributed by atoms with Crippen LogP contribution in [-0.4, -0.2) is 25.0 Å². The first-order valence-corrected chi connectivity index (χ1v) is 6.11. The molecule has 1 saturated heterocycles. The highest BCUT2D eigenvalue weighted by Gasteiger charge is 2.34. The van der Waals surface area contributed by atoms with E-state index < -0.39 is 0 Å². The summed E-state index contributed by atoms with van der Waals surface area (Å²) in [6, 6.07) is 9.09. The third-order valence-electron chi connectivity index (χ3n) is 4.10. The Kier molecular flexibility index (Phi) is 2.28. The zero-order chi connectivity index (χ0) is 10.3.